The number of nitrogens with zero attached hydrogens (tertiary/aromatic N) is 3. The summed E-state index contributed by atoms with van der Waals surface area (Å²) in [6.45, 7) is 2.72. The first-order valence-electron chi connectivity index (χ1n) is 8.51. The minimum absolute atomic E-state index is 0.0171. The molecule has 1 aromatic carbocycles. The van der Waals surface area contributed by atoms with Gasteiger partial charge in [0.2, 0.25) is 0 Å². The first-order valence-corrected chi connectivity index (χ1v) is 8.51. The number of halogens is 6. The predicted octanol–water partition coefficient (Wildman–Crippen LogP) is 4.63. The van der Waals surface area contributed by atoms with Gasteiger partial charge in [0.25, 0.3) is 6.43 Å². The summed E-state index contributed by atoms with van der Waals surface area (Å²) in [5.41, 5.74) is -1.81. The lowest BCUT2D eigenvalue weighted by atomic mass is 9.91. The van der Waals surface area contributed by atoms with Crippen molar-refractivity contribution in [3.63, 3.8) is 0 Å². The van der Waals surface area contributed by atoms with Crippen LogP contribution in [0.4, 0.5) is 32.2 Å². The Morgan fingerprint density at radius 2 is 1.80 bits per heavy atom. The van der Waals surface area contributed by atoms with E-state index >= 15 is 0 Å². The molecule has 1 atom stereocenters. The predicted molar refractivity (Wildman–Crippen MR) is 93.7 cm³/mol. The molecule has 0 amide bonds. The maximum atomic E-state index is 14.2. The van der Waals surface area contributed by atoms with Gasteiger partial charge in [0.1, 0.15) is 12.1 Å². The van der Waals surface area contributed by atoms with Gasteiger partial charge in [-0.1, -0.05) is 6.07 Å². The molecule has 3 aromatic rings. The van der Waals surface area contributed by atoms with Crippen molar-refractivity contribution in [3.05, 3.63) is 53.6 Å². The minimum atomic E-state index is -5.08. The van der Waals surface area contributed by atoms with Gasteiger partial charge in [0, 0.05) is 5.56 Å². The third kappa shape index (κ3) is 4.75. The molecule has 2 heterocycles. The number of nitrogens with one attached hydrogen (secondary N) is 1. The van der Waals surface area contributed by atoms with Gasteiger partial charge < -0.3 is 15.2 Å². The number of hydrogen-bond donors (Lipinski definition) is 2. The molecular formula is C18H16F6N4O2. The van der Waals surface area contributed by atoms with E-state index in [9.17, 15) is 31.4 Å². The smallest absolute Gasteiger partial charge is 0.403 e. The Kier molecular flexibility index (Phi) is 5.54. The number of anilines is 1. The quantitative estimate of drug-likeness (QED) is 0.554. The molecular weight excluding hydrogens is 418 g/mol. The topological polar surface area (TPSA) is 71.7 Å². The number of ether oxygens (including phenoxy) is 1. The van der Waals surface area contributed by atoms with Crippen LogP contribution in [0.15, 0.2) is 36.7 Å². The van der Waals surface area contributed by atoms with E-state index in [1.54, 1.807) is 0 Å². The van der Waals surface area contributed by atoms with Crippen molar-refractivity contribution in [2.75, 3.05) is 5.32 Å². The summed E-state index contributed by atoms with van der Waals surface area (Å²) in [4.78, 5) is 3.86. The van der Waals surface area contributed by atoms with Gasteiger partial charge in [-0.3, -0.25) is 0 Å². The lowest BCUT2D eigenvalue weighted by Crippen LogP contribution is -2.35. The molecule has 2 N–H and O–H groups in total. The average molecular weight is 434 g/mol. The molecule has 6 nitrogen and oxygen atoms in total. The maximum Gasteiger partial charge on any atom is 0.573 e. The van der Waals surface area contributed by atoms with Crippen LogP contribution in [0.5, 0.6) is 5.75 Å². The molecule has 0 aliphatic carbocycles. The lowest BCUT2D eigenvalue weighted by Gasteiger charge is -2.31. The van der Waals surface area contributed by atoms with E-state index in [1.807, 2.05) is 0 Å². The molecule has 2 aromatic heterocycles. The van der Waals surface area contributed by atoms with Crippen LogP contribution >= 0.6 is 0 Å². The highest BCUT2D eigenvalue weighted by molar-refractivity contribution is 5.53. The van der Waals surface area contributed by atoms with Crippen LogP contribution in [-0.4, -0.2) is 31.7 Å². The number of aromatic nitrogens is 3. The van der Waals surface area contributed by atoms with Crippen LogP contribution in [0, 0.1) is 5.82 Å². The highest BCUT2D eigenvalue weighted by Gasteiger charge is 2.34. The Bertz CT molecular complexity index is 1050. The van der Waals surface area contributed by atoms with Crippen LogP contribution in [0.25, 0.3) is 5.65 Å². The van der Waals surface area contributed by atoms with Gasteiger partial charge in [0.15, 0.2) is 17.2 Å². The van der Waals surface area contributed by atoms with Gasteiger partial charge in [0.05, 0.1) is 11.6 Å². The molecule has 0 fully saturated rings. The Morgan fingerprint density at radius 3 is 2.37 bits per heavy atom. The average Bonchev–Trinajstić information content (AvgIpc) is 3.08. The van der Waals surface area contributed by atoms with Crippen molar-refractivity contribution >= 4 is 11.5 Å². The highest BCUT2D eigenvalue weighted by Crippen LogP contribution is 2.34. The third-order valence-corrected chi connectivity index (χ3v) is 4.17. The molecule has 162 valence electrons. The van der Waals surface area contributed by atoms with Gasteiger partial charge in [-0.2, -0.15) is 9.61 Å². The SMILES string of the molecule is CC(C)(O)C(Nc1cc(C(F)F)cc2ncnn12)c1ccc(OC(F)(F)F)c(F)c1. The van der Waals surface area contributed by atoms with Crippen LogP contribution < -0.4 is 10.1 Å². The second-order valence-electron chi connectivity index (χ2n) is 6.97. The molecule has 30 heavy (non-hydrogen) atoms. The second-order valence-corrected chi connectivity index (χ2v) is 6.97. The molecule has 0 bridgehead atoms. The summed E-state index contributed by atoms with van der Waals surface area (Å²) < 4.78 is 82.5. The Hall–Kier alpha value is -3.02. The Balaban J connectivity index is 2.02. The summed E-state index contributed by atoms with van der Waals surface area (Å²) >= 11 is 0. The van der Waals surface area contributed by atoms with Crippen molar-refractivity contribution < 1.29 is 36.2 Å². The first kappa shape index (κ1) is 21.7. The lowest BCUT2D eigenvalue weighted by molar-refractivity contribution is -0.275. The fourth-order valence-corrected chi connectivity index (χ4v) is 2.89. The van der Waals surface area contributed by atoms with Crippen molar-refractivity contribution in [1.82, 2.24) is 14.6 Å². The highest BCUT2D eigenvalue weighted by atomic mass is 19.4. The number of benzene rings is 1. The number of fused-ring (bicyclic) bond motifs is 1. The molecule has 3 rings (SSSR count). The minimum Gasteiger partial charge on any atom is -0.403 e. The van der Waals surface area contributed by atoms with Crippen LogP contribution in [0.3, 0.4) is 0 Å². The van der Waals surface area contributed by atoms with Crippen molar-refractivity contribution in [1.29, 1.82) is 0 Å². The van der Waals surface area contributed by atoms with E-state index < -0.39 is 36.0 Å². The van der Waals surface area contributed by atoms with Gasteiger partial charge in [-0.15, -0.1) is 13.2 Å². The van der Waals surface area contributed by atoms with Crippen molar-refractivity contribution in [2.45, 2.75) is 38.3 Å². The van der Waals surface area contributed by atoms with Crippen LogP contribution in [0.1, 0.15) is 37.4 Å². The standard InChI is InChI=1S/C18H16F6N4O2/c1-17(2,29)15(9-3-4-12(11(19)5-9)30-18(22,23)24)27-14-7-10(16(20)21)6-13-25-8-26-28(13)14/h3-8,15-16,27,29H,1-2H3. The third-order valence-electron chi connectivity index (χ3n) is 4.17. The molecule has 0 saturated carbocycles. The number of rotatable bonds is 6. The summed E-state index contributed by atoms with van der Waals surface area (Å²) in [6.07, 6.45) is -6.76. The second kappa shape index (κ2) is 7.67. The molecule has 0 radical (unpaired) electrons. The molecule has 1 unspecified atom stereocenters. The van der Waals surface area contributed by atoms with E-state index in [2.05, 4.69) is 20.1 Å². The largest absolute Gasteiger partial charge is 0.573 e. The van der Waals surface area contributed by atoms with E-state index in [0.717, 1.165) is 36.7 Å². The fourth-order valence-electron chi connectivity index (χ4n) is 2.89. The number of aliphatic hydroxyl groups is 1. The van der Waals surface area contributed by atoms with E-state index in [0.29, 0.717) is 0 Å². The molecule has 12 heteroatoms. The van der Waals surface area contributed by atoms with E-state index in [1.165, 1.54) is 18.4 Å². The number of hydrogen-bond acceptors (Lipinski definition) is 5. The Morgan fingerprint density at radius 1 is 1.10 bits per heavy atom. The molecule has 0 aliphatic rings. The van der Waals surface area contributed by atoms with Gasteiger partial charge >= 0.3 is 6.36 Å². The molecule has 0 saturated heterocycles. The van der Waals surface area contributed by atoms with Crippen LogP contribution in [-0.2, 0) is 0 Å². The van der Waals surface area contributed by atoms with E-state index in [-0.39, 0.29) is 22.6 Å². The fraction of sp³-hybridized carbons (Fsp3) is 0.333. The first-order chi connectivity index (χ1) is 13.8. The normalized spacial score (nSPS) is 13.7. The molecule has 0 spiro atoms. The monoisotopic (exact) mass is 434 g/mol. The van der Waals surface area contributed by atoms with E-state index in [4.69, 9.17) is 0 Å². The summed E-state index contributed by atoms with van der Waals surface area (Å²) in [5.74, 6) is -2.34. The maximum absolute atomic E-state index is 14.2. The molecule has 0 aliphatic heterocycles. The summed E-state index contributed by atoms with van der Waals surface area (Å²) in [5, 5.41) is 17.3. The summed E-state index contributed by atoms with van der Waals surface area (Å²) in [6, 6.07) is 3.74. The number of pyridine rings is 1. The van der Waals surface area contributed by atoms with Gasteiger partial charge in [-0.05, 0) is 43.7 Å². The Labute approximate surface area is 166 Å². The zero-order chi connectivity index (χ0) is 22.3. The number of alkyl halides is 5. The van der Waals surface area contributed by atoms with Gasteiger partial charge in [-0.25, -0.2) is 18.2 Å². The summed E-state index contributed by atoms with van der Waals surface area (Å²) in [7, 11) is 0. The zero-order valence-electron chi connectivity index (χ0n) is 15.6. The van der Waals surface area contributed by atoms with Crippen molar-refractivity contribution in [3.8, 4) is 5.75 Å². The van der Waals surface area contributed by atoms with Crippen molar-refractivity contribution in [2.24, 2.45) is 0 Å². The van der Waals surface area contributed by atoms with Crippen LogP contribution in [0.2, 0.25) is 0 Å². The zero-order valence-corrected chi connectivity index (χ0v) is 15.6.